The number of nitrogens with zero attached hydrogens (tertiary/aromatic N) is 2. The number of hydrogen-bond acceptors (Lipinski definition) is 5. The van der Waals surface area contributed by atoms with Crippen LogP contribution in [-0.4, -0.2) is 24.3 Å². The number of aromatic nitrogens is 1. The van der Waals surface area contributed by atoms with Gasteiger partial charge in [0, 0.05) is 19.8 Å². The van der Waals surface area contributed by atoms with Crippen molar-refractivity contribution in [1.29, 1.82) is 5.26 Å². The zero-order valence-electron chi connectivity index (χ0n) is 14.5. The number of rotatable bonds is 6. The molecule has 1 N–H and O–H groups in total. The van der Waals surface area contributed by atoms with Crippen LogP contribution in [0.25, 0.3) is 0 Å². The Labute approximate surface area is 148 Å². The lowest BCUT2D eigenvalue weighted by atomic mass is 10.1. The zero-order valence-corrected chi connectivity index (χ0v) is 14.5. The van der Waals surface area contributed by atoms with Crippen LogP contribution in [-0.2, 0) is 22.6 Å². The van der Waals surface area contributed by atoms with Crippen LogP contribution < -0.4 is 5.32 Å². The van der Waals surface area contributed by atoms with E-state index in [0.29, 0.717) is 30.8 Å². The van der Waals surface area contributed by atoms with E-state index in [9.17, 15) is 0 Å². The Kier molecular flexibility index (Phi) is 5.99. The van der Waals surface area contributed by atoms with Gasteiger partial charge in [0.25, 0.3) is 0 Å². The molecule has 1 aliphatic heterocycles. The van der Waals surface area contributed by atoms with E-state index in [-0.39, 0.29) is 0 Å². The summed E-state index contributed by atoms with van der Waals surface area (Å²) in [6.45, 7) is 4.76. The van der Waals surface area contributed by atoms with Crippen molar-refractivity contribution in [2.24, 2.45) is 0 Å². The van der Waals surface area contributed by atoms with Crippen LogP contribution in [0.3, 0.4) is 0 Å². The lowest BCUT2D eigenvalue weighted by molar-refractivity contribution is -0.0390. The summed E-state index contributed by atoms with van der Waals surface area (Å²) >= 11 is 0. The van der Waals surface area contributed by atoms with Crippen molar-refractivity contribution in [2.75, 3.05) is 18.5 Å². The van der Waals surface area contributed by atoms with Crippen molar-refractivity contribution >= 4 is 5.82 Å². The Morgan fingerprint density at radius 1 is 1.24 bits per heavy atom. The topological polar surface area (TPSA) is 67.2 Å². The predicted molar refractivity (Wildman–Crippen MR) is 96.1 cm³/mol. The third kappa shape index (κ3) is 5.02. The van der Waals surface area contributed by atoms with E-state index in [2.05, 4.69) is 34.6 Å². The largest absolute Gasteiger partial charge is 0.381 e. The highest BCUT2D eigenvalue weighted by molar-refractivity contribution is 5.43. The van der Waals surface area contributed by atoms with Gasteiger partial charge in [0.2, 0.25) is 0 Å². The summed E-state index contributed by atoms with van der Waals surface area (Å²) in [6, 6.07) is 14.3. The fraction of sp³-hybridized carbons (Fsp3) is 0.400. The molecule has 1 aromatic carbocycles. The van der Waals surface area contributed by atoms with Crippen LogP contribution in [0.4, 0.5) is 5.82 Å². The van der Waals surface area contributed by atoms with Crippen LogP contribution in [0.15, 0.2) is 36.4 Å². The minimum atomic E-state index is 0.302. The third-order valence-corrected chi connectivity index (χ3v) is 4.32. The summed E-state index contributed by atoms with van der Waals surface area (Å²) in [4.78, 5) is 4.32. The first-order valence-corrected chi connectivity index (χ1v) is 8.63. The average Bonchev–Trinajstić information content (AvgIpc) is 2.67. The molecule has 0 bridgehead atoms. The standard InChI is InChI=1S/C20H23N3O2/c1-15-5-6-20(23-19(15)12-21)22-13-16-3-2-4-17(11-16)14-25-18-7-9-24-10-8-18/h2-6,11,18H,7-10,13-14H2,1H3,(H,22,23). The van der Waals surface area contributed by atoms with Crippen molar-refractivity contribution in [2.45, 2.75) is 39.0 Å². The van der Waals surface area contributed by atoms with Crippen LogP contribution >= 0.6 is 0 Å². The van der Waals surface area contributed by atoms with Gasteiger partial charge in [-0.05, 0) is 42.5 Å². The summed E-state index contributed by atoms with van der Waals surface area (Å²) in [5.41, 5.74) is 3.68. The molecule has 1 fully saturated rings. The number of anilines is 1. The number of nitriles is 1. The molecule has 0 atom stereocenters. The lowest BCUT2D eigenvalue weighted by Gasteiger charge is -2.22. The van der Waals surface area contributed by atoms with Crippen LogP contribution in [0.1, 0.15) is 35.2 Å². The Hall–Kier alpha value is -2.42. The molecule has 0 unspecified atom stereocenters. The van der Waals surface area contributed by atoms with E-state index >= 15 is 0 Å². The van der Waals surface area contributed by atoms with Gasteiger partial charge >= 0.3 is 0 Å². The molecule has 0 spiro atoms. The first kappa shape index (κ1) is 17.4. The van der Waals surface area contributed by atoms with Gasteiger partial charge in [-0.25, -0.2) is 4.98 Å². The molecule has 1 aromatic heterocycles. The molecular weight excluding hydrogens is 314 g/mol. The fourth-order valence-electron chi connectivity index (χ4n) is 2.82. The van der Waals surface area contributed by atoms with Crippen LogP contribution in [0.5, 0.6) is 0 Å². The molecule has 1 saturated heterocycles. The minimum Gasteiger partial charge on any atom is -0.381 e. The number of nitrogens with one attached hydrogen (secondary N) is 1. The second-order valence-electron chi connectivity index (χ2n) is 6.27. The molecule has 25 heavy (non-hydrogen) atoms. The van der Waals surface area contributed by atoms with Crippen molar-refractivity contribution in [3.8, 4) is 6.07 Å². The van der Waals surface area contributed by atoms with Gasteiger partial charge in [-0.3, -0.25) is 0 Å². The first-order chi connectivity index (χ1) is 12.2. The summed E-state index contributed by atoms with van der Waals surface area (Å²) < 4.78 is 11.3. The number of hydrogen-bond donors (Lipinski definition) is 1. The maximum absolute atomic E-state index is 9.07. The Balaban J connectivity index is 1.55. The van der Waals surface area contributed by atoms with Crippen molar-refractivity contribution in [3.05, 3.63) is 58.8 Å². The predicted octanol–water partition coefficient (Wildman–Crippen LogP) is 3.57. The SMILES string of the molecule is Cc1ccc(NCc2cccc(COC3CCOCC3)c2)nc1C#N. The maximum Gasteiger partial charge on any atom is 0.145 e. The van der Waals surface area contributed by atoms with Gasteiger partial charge in [-0.15, -0.1) is 0 Å². The van der Waals surface area contributed by atoms with E-state index in [4.69, 9.17) is 14.7 Å². The molecule has 5 heteroatoms. The number of aryl methyl sites for hydroxylation is 1. The summed E-state index contributed by atoms with van der Waals surface area (Å²) in [5, 5.41) is 12.3. The highest BCUT2D eigenvalue weighted by atomic mass is 16.5. The Morgan fingerprint density at radius 2 is 2.04 bits per heavy atom. The highest BCUT2D eigenvalue weighted by Gasteiger charge is 2.14. The molecule has 130 valence electrons. The highest BCUT2D eigenvalue weighted by Crippen LogP contribution is 2.15. The molecule has 0 aliphatic carbocycles. The smallest absolute Gasteiger partial charge is 0.145 e. The van der Waals surface area contributed by atoms with E-state index in [1.807, 2.05) is 25.1 Å². The van der Waals surface area contributed by atoms with E-state index < -0.39 is 0 Å². The van der Waals surface area contributed by atoms with Gasteiger partial charge < -0.3 is 14.8 Å². The Morgan fingerprint density at radius 3 is 2.84 bits per heavy atom. The van der Waals surface area contributed by atoms with E-state index in [1.165, 1.54) is 5.56 Å². The number of pyridine rings is 1. The van der Waals surface area contributed by atoms with Crippen molar-refractivity contribution in [1.82, 2.24) is 4.98 Å². The van der Waals surface area contributed by atoms with Gasteiger partial charge in [0.1, 0.15) is 17.6 Å². The van der Waals surface area contributed by atoms with Crippen LogP contribution in [0, 0.1) is 18.3 Å². The minimum absolute atomic E-state index is 0.302. The zero-order chi connectivity index (χ0) is 17.5. The monoisotopic (exact) mass is 337 g/mol. The third-order valence-electron chi connectivity index (χ3n) is 4.32. The molecule has 3 rings (SSSR count). The molecule has 2 heterocycles. The van der Waals surface area contributed by atoms with E-state index in [1.54, 1.807) is 0 Å². The summed E-state index contributed by atoms with van der Waals surface area (Å²) in [7, 11) is 0. The number of ether oxygens (including phenoxy) is 2. The molecule has 0 radical (unpaired) electrons. The van der Waals surface area contributed by atoms with Gasteiger partial charge in [-0.2, -0.15) is 5.26 Å². The first-order valence-electron chi connectivity index (χ1n) is 8.63. The average molecular weight is 337 g/mol. The molecular formula is C20H23N3O2. The summed E-state index contributed by atoms with van der Waals surface area (Å²) in [6.07, 6.45) is 2.25. The van der Waals surface area contributed by atoms with Gasteiger partial charge in [0.05, 0.1) is 12.7 Å². The number of benzene rings is 1. The second-order valence-corrected chi connectivity index (χ2v) is 6.27. The fourth-order valence-corrected chi connectivity index (χ4v) is 2.82. The van der Waals surface area contributed by atoms with Crippen LogP contribution in [0.2, 0.25) is 0 Å². The normalized spacial score (nSPS) is 14.9. The lowest BCUT2D eigenvalue weighted by Crippen LogP contribution is -2.23. The van der Waals surface area contributed by atoms with Crippen molar-refractivity contribution < 1.29 is 9.47 Å². The molecule has 5 nitrogen and oxygen atoms in total. The van der Waals surface area contributed by atoms with Gasteiger partial charge in [-0.1, -0.05) is 30.3 Å². The summed E-state index contributed by atoms with van der Waals surface area (Å²) in [5.74, 6) is 0.714. The molecule has 2 aromatic rings. The second kappa shape index (κ2) is 8.61. The van der Waals surface area contributed by atoms with Crippen molar-refractivity contribution in [3.63, 3.8) is 0 Å². The van der Waals surface area contributed by atoms with Gasteiger partial charge in [0.15, 0.2) is 0 Å². The molecule has 1 aliphatic rings. The maximum atomic E-state index is 9.07. The van der Waals surface area contributed by atoms with E-state index in [0.717, 1.165) is 37.2 Å². The molecule has 0 saturated carbocycles. The Bertz CT molecular complexity index is 749. The quantitative estimate of drug-likeness (QED) is 0.873. The molecule has 0 amide bonds.